The number of benzene rings is 2. The minimum absolute atomic E-state index is 0.112. The molecule has 0 aromatic heterocycles. The third kappa shape index (κ3) is 3.53. The molecule has 2 N–H and O–H groups in total. The first-order valence-corrected chi connectivity index (χ1v) is 10.1. The highest BCUT2D eigenvalue weighted by Gasteiger charge is 2.35. The fourth-order valence-electron chi connectivity index (χ4n) is 3.11. The number of hydrogen-bond acceptors (Lipinski definition) is 5. The van der Waals surface area contributed by atoms with E-state index in [2.05, 4.69) is 5.32 Å². The molecule has 0 bridgehead atoms. The lowest BCUT2D eigenvalue weighted by molar-refractivity contribution is -0.116. The number of nitrogens with one attached hydrogen (secondary N) is 2. The minimum Gasteiger partial charge on any atom is -0.494 e. The molecule has 28 heavy (non-hydrogen) atoms. The lowest BCUT2D eigenvalue weighted by Crippen LogP contribution is -2.28. The molecule has 142 valence electrons. The summed E-state index contributed by atoms with van der Waals surface area (Å²) in [5, 5.41) is 15.4. The van der Waals surface area contributed by atoms with Gasteiger partial charge in [-0.3, -0.25) is 15.1 Å². The molecule has 0 aliphatic carbocycles. The van der Waals surface area contributed by atoms with Gasteiger partial charge < -0.3 is 10.1 Å². The highest BCUT2D eigenvalue weighted by atomic mass is 35.5. The van der Waals surface area contributed by atoms with Crippen molar-refractivity contribution in [1.29, 1.82) is 5.41 Å². The van der Waals surface area contributed by atoms with E-state index in [0.29, 0.717) is 22.9 Å². The maximum Gasteiger partial charge on any atom is 0.237 e. The van der Waals surface area contributed by atoms with Crippen molar-refractivity contribution < 1.29 is 9.53 Å². The first-order valence-electron chi connectivity index (χ1n) is 8.84. The fourth-order valence-corrected chi connectivity index (χ4v) is 4.14. The Morgan fingerprint density at radius 2 is 1.89 bits per heavy atom. The van der Waals surface area contributed by atoms with Crippen molar-refractivity contribution in [3.63, 3.8) is 0 Å². The largest absolute Gasteiger partial charge is 0.494 e. The summed E-state index contributed by atoms with van der Waals surface area (Å²) in [7, 11) is 0. The van der Waals surface area contributed by atoms with Crippen LogP contribution in [0.3, 0.4) is 0 Å². The SMILES string of the molecule is CCOc1ccc(N2C(=N)/C(=C3\NC(c4ccc(Cl)cc4)=CS3)CC2=O)cc1. The number of amides is 1. The average molecular weight is 412 g/mol. The fraction of sp³-hybridized carbons (Fsp3) is 0.143. The second kappa shape index (κ2) is 7.73. The van der Waals surface area contributed by atoms with Crippen LogP contribution in [0, 0.1) is 5.41 Å². The van der Waals surface area contributed by atoms with Gasteiger partial charge in [-0.2, -0.15) is 0 Å². The molecule has 0 saturated carbocycles. The van der Waals surface area contributed by atoms with Gasteiger partial charge in [0.25, 0.3) is 0 Å². The van der Waals surface area contributed by atoms with E-state index in [1.807, 2.05) is 48.7 Å². The summed E-state index contributed by atoms with van der Waals surface area (Å²) in [5.74, 6) is 0.835. The number of halogens is 1. The van der Waals surface area contributed by atoms with Gasteiger partial charge in [0, 0.05) is 16.0 Å². The smallest absolute Gasteiger partial charge is 0.237 e. The van der Waals surface area contributed by atoms with Crippen molar-refractivity contribution in [1.82, 2.24) is 5.32 Å². The van der Waals surface area contributed by atoms with Gasteiger partial charge in [0.1, 0.15) is 11.6 Å². The van der Waals surface area contributed by atoms with Crippen LogP contribution < -0.4 is 15.0 Å². The van der Waals surface area contributed by atoms with Crippen LogP contribution in [0.1, 0.15) is 18.9 Å². The van der Waals surface area contributed by atoms with Crippen LogP contribution >= 0.6 is 23.4 Å². The zero-order valence-corrected chi connectivity index (χ0v) is 16.7. The number of carbonyl (C=O) groups excluding carboxylic acids is 1. The number of nitrogens with zero attached hydrogens (tertiary/aromatic N) is 1. The van der Waals surface area contributed by atoms with Crippen molar-refractivity contribution in [3.05, 3.63) is 75.1 Å². The van der Waals surface area contributed by atoms with Crippen LogP contribution in [0.4, 0.5) is 5.69 Å². The van der Waals surface area contributed by atoms with Crippen molar-refractivity contribution in [2.45, 2.75) is 13.3 Å². The summed E-state index contributed by atoms with van der Waals surface area (Å²) in [5.41, 5.74) is 3.31. The second-order valence-electron chi connectivity index (χ2n) is 6.27. The Labute approximate surface area is 172 Å². The second-order valence-corrected chi connectivity index (χ2v) is 7.59. The van der Waals surface area contributed by atoms with Crippen molar-refractivity contribution in [2.75, 3.05) is 11.5 Å². The maximum absolute atomic E-state index is 12.6. The third-order valence-electron chi connectivity index (χ3n) is 4.46. The van der Waals surface area contributed by atoms with Crippen LogP contribution in [0.15, 0.2) is 64.5 Å². The standard InChI is InChI=1S/C21H18ClN3O2S/c1-2-27-16-9-7-15(8-10-16)25-19(26)11-17(20(25)23)21-24-18(12-28-21)13-3-5-14(22)6-4-13/h3-10,12,23-24H,2,11H2,1H3/b21-17+,23-20?. The lowest BCUT2D eigenvalue weighted by Gasteiger charge is -2.16. The van der Waals surface area contributed by atoms with E-state index in [4.69, 9.17) is 21.7 Å². The van der Waals surface area contributed by atoms with Crippen LogP contribution in [0.2, 0.25) is 5.02 Å². The monoisotopic (exact) mass is 411 g/mol. The van der Waals surface area contributed by atoms with E-state index in [-0.39, 0.29) is 18.2 Å². The van der Waals surface area contributed by atoms with Crippen LogP contribution in [0.5, 0.6) is 5.75 Å². The molecule has 2 heterocycles. The first-order chi connectivity index (χ1) is 13.6. The molecular weight excluding hydrogens is 394 g/mol. The molecule has 0 spiro atoms. The molecule has 2 aliphatic heterocycles. The zero-order chi connectivity index (χ0) is 19.7. The Balaban J connectivity index is 1.55. The summed E-state index contributed by atoms with van der Waals surface area (Å²) < 4.78 is 5.45. The Kier molecular flexibility index (Phi) is 5.15. The quantitative estimate of drug-likeness (QED) is 0.743. The van der Waals surface area contributed by atoms with Crippen LogP contribution in [0.25, 0.3) is 5.70 Å². The van der Waals surface area contributed by atoms with E-state index in [1.54, 1.807) is 12.1 Å². The van der Waals surface area contributed by atoms with E-state index in [1.165, 1.54) is 16.7 Å². The lowest BCUT2D eigenvalue weighted by atomic mass is 10.1. The minimum atomic E-state index is -0.112. The maximum atomic E-state index is 12.6. The number of rotatable bonds is 4. The molecule has 4 rings (SSSR count). The molecule has 0 radical (unpaired) electrons. The van der Waals surface area contributed by atoms with Gasteiger partial charge in [-0.05, 0) is 48.9 Å². The van der Waals surface area contributed by atoms with Crippen LogP contribution in [-0.2, 0) is 4.79 Å². The first kappa shape index (κ1) is 18.7. The van der Waals surface area contributed by atoms with E-state index in [9.17, 15) is 4.79 Å². The van der Waals surface area contributed by atoms with Gasteiger partial charge in [0.2, 0.25) is 5.91 Å². The predicted molar refractivity (Wildman–Crippen MR) is 115 cm³/mol. The summed E-state index contributed by atoms with van der Waals surface area (Å²) in [4.78, 5) is 14.0. The van der Waals surface area contributed by atoms with Crippen LogP contribution in [-0.4, -0.2) is 18.3 Å². The zero-order valence-electron chi connectivity index (χ0n) is 15.2. The molecule has 2 aromatic rings. The number of hydrogen-bond donors (Lipinski definition) is 2. The molecule has 1 amide bonds. The van der Waals surface area contributed by atoms with E-state index in [0.717, 1.165) is 22.0 Å². The molecule has 0 unspecified atom stereocenters. The van der Waals surface area contributed by atoms with Gasteiger partial charge in [-0.1, -0.05) is 35.5 Å². The Hall–Kier alpha value is -2.70. The molecule has 5 nitrogen and oxygen atoms in total. The number of ether oxygens (including phenoxy) is 1. The van der Waals surface area contributed by atoms with Crippen molar-refractivity contribution >= 4 is 46.5 Å². The molecular formula is C21H18ClN3O2S. The van der Waals surface area contributed by atoms with Crippen molar-refractivity contribution in [3.8, 4) is 5.75 Å². The summed E-state index contributed by atoms with van der Waals surface area (Å²) in [6, 6.07) is 14.8. The third-order valence-corrected chi connectivity index (χ3v) is 5.65. The Morgan fingerprint density at radius 3 is 2.57 bits per heavy atom. The van der Waals surface area contributed by atoms with Gasteiger partial charge in [0.05, 0.1) is 29.4 Å². The van der Waals surface area contributed by atoms with Gasteiger partial charge in [0.15, 0.2) is 0 Å². The highest BCUT2D eigenvalue weighted by molar-refractivity contribution is 8.06. The van der Waals surface area contributed by atoms with Gasteiger partial charge in [-0.25, -0.2) is 0 Å². The number of carbonyl (C=O) groups is 1. The molecule has 2 aliphatic rings. The molecule has 0 atom stereocenters. The summed E-state index contributed by atoms with van der Waals surface area (Å²) in [6.07, 6.45) is 0.198. The Morgan fingerprint density at radius 1 is 1.18 bits per heavy atom. The Bertz CT molecular complexity index is 997. The van der Waals surface area contributed by atoms with E-state index < -0.39 is 0 Å². The molecule has 1 fully saturated rings. The normalized spacial score (nSPS) is 19.1. The number of thioether (sulfide) groups is 1. The summed E-state index contributed by atoms with van der Waals surface area (Å²) in [6.45, 7) is 2.50. The van der Waals surface area contributed by atoms with Gasteiger partial charge in [-0.15, -0.1) is 0 Å². The highest BCUT2D eigenvalue weighted by Crippen LogP contribution is 2.37. The predicted octanol–water partition coefficient (Wildman–Crippen LogP) is 5.00. The number of anilines is 1. The summed E-state index contributed by atoms with van der Waals surface area (Å²) >= 11 is 7.45. The number of amidine groups is 1. The van der Waals surface area contributed by atoms with Gasteiger partial charge >= 0.3 is 0 Å². The molecule has 1 saturated heterocycles. The van der Waals surface area contributed by atoms with Crippen molar-refractivity contribution in [2.24, 2.45) is 0 Å². The molecule has 2 aromatic carbocycles. The topological polar surface area (TPSA) is 65.4 Å². The average Bonchev–Trinajstić information content (AvgIpc) is 3.28. The molecule has 7 heteroatoms. The van der Waals surface area contributed by atoms with E-state index >= 15 is 0 Å².